The van der Waals surface area contributed by atoms with Crippen molar-refractivity contribution < 1.29 is 19.7 Å². The minimum Gasteiger partial charge on any atom is -0.393 e. The van der Waals surface area contributed by atoms with E-state index in [2.05, 4.69) is 26.8 Å². The van der Waals surface area contributed by atoms with Gasteiger partial charge in [-0.15, -0.1) is 0 Å². The van der Waals surface area contributed by atoms with Crippen molar-refractivity contribution in [3.63, 3.8) is 0 Å². The van der Waals surface area contributed by atoms with Gasteiger partial charge in [0.05, 0.1) is 12.2 Å². The van der Waals surface area contributed by atoms with Crippen molar-refractivity contribution in [3.05, 3.63) is 23.8 Å². The molecule has 2 rings (SSSR count). The van der Waals surface area contributed by atoms with Crippen molar-refractivity contribution >= 4 is 5.78 Å². The van der Waals surface area contributed by atoms with E-state index in [1.807, 2.05) is 6.08 Å². The van der Waals surface area contributed by atoms with Crippen molar-refractivity contribution in [1.29, 1.82) is 0 Å². The Morgan fingerprint density at radius 1 is 1.44 bits per heavy atom. The zero-order valence-electron chi connectivity index (χ0n) is 16.1. The Bertz CT molecular complexity index is 520. The van der Waals surface area contributed by atoms with Crippen LogP contribution >= 0.6 is 0 Å². The second-order valence-electron chi connectivity index (χ2n) is 8.16. The van der Waals surface area contributed by atoms with E-state index < -0.39 is 17.8 Å². The molecule has 142 valence electrons. The second kappa shape index (κ2) is 8.61. The monoisotopic (exact) mass is 350 g/mol. The van der Waals surface area contributed by atoms with Gasteiger partial charge in [-0.3, -0.25) is 4.79 Å². The quantitative estimate of drug-likeness (QED) is 0.658. The average Bonchev–Trinajstić information content (AvgIpc) is 2.53. The van der Waals surface area contributed by atoms with Gasteiger partial charge in [-0.05, 0) is 51.9 Å². The summed E-state index contributed by atoms with van der Waals surface area (Å²) in [5.74, 6) is 0.517. The largest absolute Gasteiger partial charge is 0.393 e. The number of aliphatic hydroxyl groups is 2. The van der Waals surface area contributed by atoms with Crippen LogP contribution in [0.2, 0.25) is 0 Å². The molecule has 4 heteroatoms. The molecule has 0 heterocycles. The molecule has 0 radical (unpaired) electrons. The van der Waals surface area contributed by atoms with E-state index >= 15 is 0 Å². The van der Waals surface area contributed by atoms with Crippen molar-refractivity contribution in [1.82, 2.24) is 0 Å². The van der Waals surface area contributed by atoms with E-state index in [0.717, 1.165) is 19.3 Å². The van der Waals surface area contributed by atoms with E-state index in [9.17, 15) is 15.0 Å². The summed E-state index contributed by atoms with van der Waals surface area (Å²) in [6, 6.07) is 0. The number of allylic oxidation sites excluding steroid dienone is 2. The lowest BCUT2D eigenvalue weighted by Crippen LogP contribution is -2.64. The van der Waals surface area contributed by atoms with Crippen LogP contribution < -0.4 is 0 Å². The van der Waals surface area contributed by atoms with Crippen LogP contribution in [0.15, 0.2) is 23.8 Å². The molecule has 2 saturated carbocycles. The molecule has 2 N–H and O–H groups in total. The number of fused-ring (bicyclic) bond motifs is 1. The summed E-state index contributed by atoms with van der Waals surface area (Å²) < 4.78 is 5.54. The minimum atomic E-state index is -0.698. The third-order valence-corrected chi connectivity index (χ3v) is 5.97. The minimum absolute atomic E-state index is 0.0345. The van der Waals surface area contributed by atoms with E-state index in [0.29, 0.717) is 25.2 Å². The molecule has 0 aromatic carbocycles. The number of methoxy groups -OCH3 is 1. The zero-order valence-corrected chi connectivity index (χ0v) is 16.1. The van der Waals surface area contributed by atoms with Gasteiger partial charge in [-0.1, -0.05) is 30.7 Å². The lowest BCUT2D eigenvalue weighted by atomic mass is 9.55. The number of carbonyl (C=O) groups is 1. The molecule has 0 bridgehead atoms. The molecule has 0 spiro atoms. The number of carbonyl (C=O) groups excluding carboxylic acids is 1. The Hall–Kier alpha value is -0.970. The molecule has 0 amide bonds. The SMILES string of the molecule is COC12CCC(O)C(C=CC(O)CC(C)CCC=C(C)C)C1CC2=O. The highest BCUT2D eigenvalue weighted by Crippen LogP contribution is 2.51. The predicted molar refractivity (Wildman–Crippen MR) is 99.2 cm³/mol. The van der Waals surface area contributed by atoms with Gasteiger partial charge in [0, 0.05) is 25.4 Å². The molecule has 6 unspecified atom stereocenters. The Balaban J connectivity index is 1.89. The maximum Gasteiger partial charge on any atom is 0.165 e. The van der Waals surface area contributed by atoms with E-state index in [1.54, 1.807) is 13.2 Å². The van der Waals surface area contributed by atoms with Crippen LogP contribution in [0.25, 0.3) is 0 Å². The maximum atomic E-state index is 12.0. The lowest BCUT2D eigenvalue weighted by molar-refractivity contribution is -0.191. The van der Waals surface area contributed by atoms with Gasteiger partial charge in [0.15, 0.2) is 5.78 Å². The fourth-order valence-corrected chi connectivity index (χ4v) is 4.36. The van der Waals surface area contributed by atoms with Crippen molar-refractivity contribution in [2.24, 2.45) is 17.8 Å². The molecule has 0 aromatic heterocycles. The van der Waals surface area contributed by atoms with E-state index in [1.165, 1.54) is 5.57 Å². The van der Waals surface area contributed by atoms with Crippen molar-refractivity contribution in [2.45, 2.75) is 77.1 Å². The number of ketones is 1. The average molecular weight is 350 g/mol. The Kier molecular flexibility index (Phi) is 7.01. The number of hydrogen-bond acceptors (Lipinski definition) is 4. The highest BCUT2D eigenvalue weighted by molar-refractivity contribution is 5.94. The molecular formula is C21H34O4. The van der Waals surface area contributed by atoms with Crippen LogP contribution in [0.1, 0.15) is 59.3 Å². The van der Waals surface area contributed by atoms with Gasteiger partial charge in [-0.25, -0.2) is 0 Å². The molecule has 4 nitrogen and oxygen atoms in total. The fraction of sp³-hybridized carbons (Fsp3) is 0.762. The molecule has 0 saturated heterocycles. The molecule has 2 aliphatic rings. The highest BCUT2D eigenvalue weighted by atomic mass is 16.5. The lowest BCUT2D eigenvalue weighted by Gasteiger charge is -2.54. The molecule has 0 aromatic rings. The number of ether oxygens (including phenoxy) is 1. The first-order valence-electron chi connectivity index (χ1n) is 9.56. The van der Waals surface area contributed by atoms with Crippen LogP contribution in [-0.2, 0) is 9.53 Å². The van der Waals surface area contributed by atoms with Gasteiger partial charge in [0.25, 0.3) is 0 Å². The molecule has 0 aliphatic heterocycles. The third kappa shape index (κ3) is 4.60. The summed E-state index contributed by atoms with van der Waals surface area (Å²) in [5, 5.41) is 20.7. The van der Waals surface area contributed by atoms with Gasteiger partial charge >= 0.3 is 0 Å². The van der Waals surface area contributed by atoms with Crippen LogP contribution in [-0.4, -0.2) is 40.9 Å². The van der Waals surface area contributed by atoms with Gasteiger partial charge in [0.1, 0.15) is 5.60 Å². The number of rotatable bonds is 8. The first-order chi connectivity index (χ1) is 11.8. The summed E-state index contributed by atoms with van der Waals surface area (Å²) in [5.41, 5.74) is 0.632. The predicted octanol–water partition coefficient (Wildman–Crippen LogP) is 3.42. The molecule has 25 heavy (non-hydrogen) atoms. The Morgan fingerprint density at radius 2 is 2.16 bits per heavy atom. The third-order valence-electron chi connectivity index (χ3n) is 5.97. The highest BCUT2D eigenvalue weighted by Gasteiger charge is 2.60. The summed E-state index contributed by atoms with van der Waals surface area (Å²) in [7, 11) is 1.59. The van der Waals surface area contributed by atoms with E-state index in [4.69, 9.17) is 4.74 Å². The molecule has 2 fully saturated rings. The fourth-order valence-electron chi connectivity index (χ4n) is 4.36. The molecular weight excluding hydrogens is 316 g/mol. The summed E-state index contributed by atoms with van der Waals surface area (Å²) >= 11 is 0. The molecule has 2 aliphatic carbocycles. The van der Waals surface area contributed by atoms with Crippen LogP contribution in [0.5, 0.6) is 0 Å². The van der Waals surface area contributed by atoms with Crippen LogP contribution in [0, 0.1) is 17.8 Å². The zero-order chi connectivity index (χ0) is 18.6. The normalized spacial score (nSPS) is 34.3. The summed E-state index contributed by atoms with van der Waals surface area (Å²) in [6.07, 6.45) is 9.45. The van der Waals surface area contributed by atoms with Crippen LogP contribution in [0.3, 0.4) is 0 Å². The second-order valence-corrected chi connectivity index (χ2v) is 8.16. The number of aliphatic hydroxyl groups excluding tert-OH is 2. The van der Waals surface area contributed by atoms with Gasteiger partial charge in [-0.2, -0.15) is 0 Å². The topological polar surface area (TPSA) is 66.8 Å². The maximum absolute atomic E-state index is 12.0. The van der Waals surface area contributed by atoms with E-state index in [-0.39, 0.29) is 17.6 Å². The van der Waals surface area contributed by atoms with Gasteiger partial charge < -0.3 is 14.9 Å². The van der Waals surface area contributed by atoms with Gasteiger partial charge in [0.2, 0.25) is 0 Å². The standard InChI is InChI=1S/C21H34O4/c1-14(2)6-5-7-15(3)12-16(22)8-9-17-18-13-20(24)21(18,25-4)11-10-19(17)23/h6,8-9,15-19,22-23H,5,7,10-13H2,1-4H3. The Morgan fingerprint density at radius 3 is 2.76 bits per heavy atom. The van der Waals surface area contributed by atoms with Crippen molar-refractivity contribution in [3.8, 4) is 0 Å². The first-order valence-corrected chi connectivity index (χ1v) is 9.56. The number of Topliss-reactive ketones (excluding diaryl/α,β-unsaturated/α-hetero) is 1. The summed E-state index contributed by atoms with van der Waals surface area (Å²) in [6.45, 7) is 6.36. The van der Waals surface area contributed by atoms with Crippen molar-refractivity contribution in [2.75, 3.05) is 7.11 Å². The summed E-state index contributed by atoms with van der Waals surface area (Å²) in [4.78, 5) is 12.0. The first kappa shape index (κ1) is 20.3. The van der Waals surface area contributed by atoms with Crippen LogP contribution in [0.4, 0.5) is 0 Å². The number of hydrogen-bond donors (Lipinski definition) is 2. The molecule has 6 atom stereocenters. The smallest absolute Gasteiger partial charge is 0.165 e. The Labute approximate surface area is 152 Å².